The number of thiophene rings is 1. The number of fused-ring (bicyclic) bond motifs is 1. The van der Waals surface area contributed by atoms with Gasteiger partial charge >= 0.3 is 5.00 Å². The van der Waals surface area contributed by atoms with Crippen LogP contribution in [0, 0.1) is 10.1 Å². The first-order valence-corrected chi connectivity index (χ1v) is 11.4. The Morgan fingerprint density at radius 2 is 1.89 bits per heavy atom. The summed E-state index contributed by atoms with van der Waals surface area (Å²) in [7, 11) is 0. The van der Waals surface area contributed by atoms with E-state index in [1.807, 2.05) is 24.3 Å². The number of carbonyl (C=O) groups is 1. The summed E-state index contributed by atoms with van der Waals surface area (Å²) in [6, 6.07) is 10.7. The predicted molar refractivity (Wildman–Crippen MR) is 131 cm³/mol. The summed E-state index contributed by atoms with van der Waals surface area (Å²) in [5.74, 6) is 0.00907. The van der Waals surface area contributed by atoms with Crippen molar-refractivity contribution in [3.05, 3.63) is 81.9 Å². The number of carbonyl (C=O) groups excluding carboxylic acids is 1. The lowest BCUT2D eigenvalue weighted by molar-refractivity contribution is -0.380. The third-order valence-corrected chi connectivity index (χ3v) is 6.39. The average Bonchev–Trinajstić information content (AvgIpc) is 3.59. The van der Waals surface area contributed by atoms with Crippen LogP contribution in [0.15, 0.2) is 61.3 Å². The Balaban J connectivity index is 1.59. The van der Waals surface area contributed by atoms with E-state index in [0.29, 0.717) is 11.0 Å². The molecular weight excluding hydrogens is 468 g/mol. The molecule has 0 saturated heterocycles. The normalized spacial score (nSPS) is 11.6. The van der Waals surface area contributed by atoms with Crippen LogP contribution >= 0.6 is 11.3 Å². The zero-order valence-electron chi connectivity index (χ0n) is 19.0. The summed E-state index contributed by atoms with van der Waals surface area (Å²) >= 11 is 0.790. The number of nitrogens with one attached hydrogen (secondary N) is 1. The van der Waals surface area contributed by atoms with E-state index in [9.17, 15) is 14.9 Å². The zero-order valence-corrected chi connectivity index (χ0v) is 19.9. The lowest BCUT2D eigenvalue weighted by Crippen LogP contribution is -2.14. The first-order chi connectivity index (χ1) is 16.7. The van der Waals surface area contributed by atoms with Crippen LogP contribution < -0.4 is 5.32 Å². The van der Waals surface area contributed by atoms with Crippen LogP contribution in [0.1, 0.15) is 36.0 Å². The van der Waals surface area contributed by atoms with E-state index in [2.05, 4.69) is 46.1 Å². The minimum Gasteiger partial charge on any atom is -0.305 e. The molecule has 0 aliphatic rings. The number of rotatable bonds is 5. The Morgan fingerprint density at radius 1 is 1.11 bits per heavy atom. The number of imidazole rings is 1. The molecule has 0 saturated carbocycles. The number of aromatic nitrogens is 6. The number of hydrogen-bond acceptors (Lipinski definition) is 8. The van der Waals surface area contributed by atoms with Crippen molar-refractivity contribution in [2.45, 2.75) is 26.2 Å². The molecule has 1 N–H and O–H groups in total. The van der Waals surface area contributed by atoms with Crippen molar-refractivity contribution in [2.24, 2.45) is 0 Å². The highest BCUT2D eigenvalue weighted by Crippen LogP contribution is 2.28. The Hall–Kier alpha value is -4.45. The van der Waals surface area contributed by atoms with Gasteiger partial charge in [0.15, 0.2) is 5.65 Å². The maximum Gasteiger partial charge on any atom is 0.324 e. The van der Waals surface area contributed by atoms with Crippen LogP contribution in [-0.4, -0.2) is 40.1 Å². The molecule has 0 spiro atoms. The molecule has 0 aliphatic carbocycles. The number of nitrogens with zero attached hydrogens (tertiary/aromatic N) is 7. The highest BCUT2D eigenvalue weighted by Gasteiger charge is 2.20. The Kier molecular flexibility index (Phi) is 5.36. The Labute approximate surface area is 203 Å². The van der Waals surface area contributed by atoms with Gasteiger partial charge in [-0.05, 0) is 29.2 Å². The number of anilines is 1. The van der Waals surface area contributed by atoms with Crippen molar-refractivity contribution in [3.8, 4) is 11.6 Å². The van der Waals surface area contributed by atoms with Gasteiger partial charge in [0.1, 0.15) is 12.1 Å². The van der Waals surface area contributed by atoms with Gasteiger partial charge in [-0.3, -0.25) is 19.5 Å². The first kappa shape index (κ1) is 22.3. The lowest BCUT2D eigenvalue weighted by Gasteiger charge is -2.19. The monoisotopic (exact) mass is 488 g/mol. The van der Waals surface area contributed by atoms with Crippen molar-refractivity contribution in [3.63, 3.8) is 0 Å². The van der Waals surface area contributed by atoms with Gasteiger partial charge in [-0.25, -0.2) is 9.67 Å². The molecule has 5 aromatic rings. The topological polar surface area (TPSA) is 134 Å². The fraction of sp³-hybridized carbons (Fsp3) is 0.174. The minimum absolute atomic E-state index is 0.00972. The van der Waals surface area contributed by atoms with E-state index < -0.39 is 10.8 Å². The van der Waals surface area contributed by atoms with E-state index in [1.165, 1.54) is 17.7 Å². The molecule has 0 unspecified atom stereocenters. The van der Waals surface area contributed by atoms with Crippen molar-refractivity contribution < 1.29 is 9.72 Å². The minimum atomic E-state index is -0.531. The molecule has 176 valence electrons. The second kappa shape index (κ2) is 8.40. The van der Waals surface area contributed by atoms with Crippen molar-refractivity contribution in [1.29, 1.82) is 0 Å². The smallest absolute Gasteiger partial charge is 0.305 e. The van der Waals surface area contributed by atoms with Gasteiger partial charge in [0.2, 0.25) is 5.95 Å². The van der Waals surface area contributed by atoms with Crippen molar-refractivity contribution in [1.82, 2.24) is 29.3 Å². The second-order valence-electron chi connectivity index (χ2n) is 8.78. The standard InChI is InChI=1S/C23H20N8O3S/c1-23(2,3)14-4-6-15(7-5-14)30-20-16(12-25-30)19(27-22(28-20)29-11-10-24-13-29)26-21(32)17-8-9-18(35-17)31(33)34/h4-13H,1-3H3,(H,26,27,28,32). The molecule has 1 amide bonds. The number of benzene rings is 1. The summed E-state index contributed by atoms with van der Waals surface area (Å²) in [4.78, 5) is 36.8. The molecule has 5 rings (SSSR count). The summed E-state index contributed by atoms with van der Waals surface area (Å²) in [6.07, 6.45) is 6.42. The summed E-state index contributed by atoms with van der Waals surface area (Å²) in [5, 5.41) is 18.7. The number of amides is 1. The third kappa shape index (κ3) is 4.26. The zero-order chi connectivity index (χ0) is 24.7. The molecule has 0 aliphatic heterocycles. The van der Waals surface area contributed by atoms with Crippen LogP contribution in [0.4, 0.5) is 10.8 Å². The molecular formula is C23H20N8O3S. The van der Waals surface area contributed by atoms with Gasteiger partial charge in [0, 0.05) is 18.5 Å². The van der Waals surface area contributed by atoms with Gasteiger partial charge in [-0.2, -0.15) is 15.1 Å². The maximum absolute atomic E-state index is 12.9. The van der Waals surface area contributed by atoms with E-state index in [4.69, 9.17) is 0 Å². The largest absolute Gasteiger partial charge is 0.324 e. The molecule has 1 aromatic carbocycles. The molecule has 12 heteroatoms. The van der Waals surface area contributed by atoms with Gasteiger partial charge < -0.3 is 5.32 Å². The van der Waals surface area contributed by atoms with Crippen LogP contribution in [-0.2, 0) is 5.41 Å². The highest BCUT2D eigenvalue weighted by molar-refractivity contribution is 7.17. The summed E-state index contributed by atoms with van der Waals surface area (Å²) < 4.78 is 3.29. The van der Waals surface area contributed by atoms with Crippen molar-refractivity contribution in [2.75, 3.05) is 5.32 Å². The van der Waals surface area contributed by atoms with Gasteiger partial charge in [0.25, 0.3) is 5.91 Å². The quantitative estimate of drug-likeness (QED) is 0.284. The van der Waals surface area contributed by atoms with Crippen LogP contribution in [0.2, 0.25) is 0 Å². The molecule has 0 atom stereocenters. The van der Waals surface area contributed by atoms with E-state index in [0.717, 1.165) is 17.0 Å². The van der Waals surface area contributed by atoms with E-state index >= 15 is 0 Å². The third-order valence-electron chi connectivity index (χ3n) is 5.36. The van der Waals surface area contributed by atoms with E-state index in [-0.39, 0.29) is 27.1 Å². The second-order valence-corrected chi connectivity index (χ2v) is 9.84. The number of hydrogen-bond donors (Lipinski definition) is 1. The molecule has 4 heterocycles. The average molecular weight is 489 g/mol. The fourth-order valence-corrected chi connectivity index (χ4v) is 4.21. The molecule has 0 radical (unpaired) electrons. The molecule has 0 fully saturated rings. The van der Waals surface area contributed by atoms with Gasteiger partial charge in [-0.1, -0.05) is 44.2 Å². The summed E-state index contributed by atoms with van der Waals surface area (Å²) in [5.41, 5.74) is 2.48. The Bertz CT molecular complexity index is 1550. The molecule has 11 nitrogen and oxygen atoms in total. The van der Waals surface area contributed by atoms with E-state index in [1.54, 1.807) is 34.2 Å². The fourth-order valence-electron chi connectivity index (χ4n) is 3.49. The van der Waals surface area contributed by atoms with Crippen LogP contribution in [0.3, 0.4) is 0 Å². The van der Waals surface area contributed by atoms with Crippen molar-refractivity contribution >= 4 is 39.1 Å². The predicted octanol–water partition coefficient (Wildman–Crippen LogP) is 4.52. The van der Waals surface area contributed by atoms with Gasteiger partial charge in [0.05, 0.1) is 27.1 Å². The number of nitro groups is 1. The SMILES string of the molecule is CC(C)(C)c1ccc(-n2ncc3c(NC(=O)c4ccc([N+](=O)[O-])s4)nc(-n4ccnc4)nc32)cc1. The van der Waals surface area contributed by atoms with Crippen LogP contribution in [0.25, 0.3) is 22.7 Å². The highest BCUT2D eigenvalue weighted by atomic mass is 32.1. The van der Waals surface area contributed by atoms with Crippen LogP contribution in [0.5, 0.6) is 0 Å². The lowest BCUT2D eigenvalue weighted by atomic mass is 9.87. The summed E-state index contributed by atoms with van der Waals surface area (Å²) in [6.45, 7) is 6.44. The Morgan fingerprint density at radius 3 is 2.51 bits per heavy atom. The molecule has 35 heavy (non-hydrogen) atoms. The molecule has 0 bridgehead atoms. The maximum atomic E-state index is 12.9. The first-order valence-electron chi connectivity index (χ1n) is 10.6. The van der Waals surface area contributed by atoms with Gasteiger partial charge in [-0.15, -0.1) is 0 Å². The molecule has 4 aromatic heterocycles.